The first kappa shape index (κ1) is 58.3. The van der Waals surface area contributed by atoms with Crippen molar-refractivity contribution < 1.29 is 32.6 Å². The summed E-state index contributed by atoms with van der Waals surface area (Å²) in [5.74, 6) is 0.273. The van der Waals surface area contributed by atoms with Crippen molar-refractivity contribution in [3.05, 3.63) is 94.7 Å². The fourth-order valence-corrected chi connectivity index (χ4v) is 12.6. The normalized spacial score (nSPS) is 18.2. The molecule has 78 heavy (non-hydrogen) atoms. The van der Waals surface area contributed by atoms with Crippen LogP contribution in [0.1, 0.15) is 90.8 Å². The number of benzene rings is 3. The quantitative estimate of drug-likeness (QED) is 0.0438. The average molecular weight is 1130 g/mol. The second-order valence-corrected chi connectivity index (χ2v) is 25.7. The van der Waals surface area contributed by atoms with Crippen LogP contribution < -0.4 is 30.9 Å². The molecule has 3 aliphatic heterocycles. The van der Waals surface area contributed by atoms with Crippen LogP contribution in [0.5, 0.6) is 5.75 Å². The van der Waals surface area contributed by atoms with Gasteiger partial charge in [0.05, 0.1) is 57.0 Å². The van der Waals surface area contributed by atoms with E-state index in [-0.39, 0.29) is 58.9 Å². The number of carbonyl (C=O) groups excluding carboxylic acids is 3. The molecule has 3 aliphatic rings. The molecular weight excluding hydrogens is 1050 g/mol. The van der Waals surface area contributed by atoms with Crippen molar-refractivity contribution >= 4 is 79.3 Å². The number of sulfone groups is 1. The number of methoxy groups -OCH3 is 1. The third-order valence-corrected chi connectivity index (χ3v) is 18.5. The zero-order chi connectivity index (χ0) is 55.7. The molecule has 3 fully saturated rings. The Morgan fingerprint density at radius 3 is 2.32 bits per heavy atom. The predicted molar refractivity (Wildman–Crippen MR) is 309 cm³/mol. The lowest BCUT2D eigenvalue weighted by Crippen LogP contribution is -2.57. The number of piperazine rings is 1. The summed E-state index contributed by atoms with van der Waals surface area (Å²) in [6, 6.07) is 19.5. The van der Waals surface area contributed by atoms with E-state index in [1.807, 2.05) is 69.6 Å². The van der Waals surface area contributed by atoms with E-state index >= 15 is 0 Å². The lowest BCUT2D eigenvalue weighted by Gasteiger charge is -2.43. The third kappa shape index (κ3) is 14.5. The number of ether oxygens (including phenoxy) is 1. The van der Waals surface area contributed by atoms with Crippen LogP contribution >= 0.6 is 22.9 Å². The van der Waals surface area contributed by atoms with Crippen LogP contribution in [0.3, 0.4) is 0 Å². The topological polar surface area (TPSA) is 215 Å². The number of halogens is 1. The molecule has 0 spiro atoms. The molecule has 2 aromatic heterocycles. The van der Waals surface area contributed by atoms with E-state index in [0.717, 1.165) is 98.9 Å². The summed E-state index contributed by atoms with van der Waals surface area (Å²) in [7, 11) is -1.95. The molecule has 3 atom stereocenters. The van der Waals surface area contributed by atoms with Gasteiger partial charge in [0.2, 0.25) is 23.7 Å². The van der Waals surface area contributed by atoms with Crippen molar-refractivity contribution in [3.63, 3.8) is 0 Å². The molecule has 0 saturated carbocycles. The van der Waals surface area contributed by atoms with Gasteiger partial charge in [0.15, 0.2) is 15.7 Å². The number of anilines is 5. The Balaban J connectivity index is 0.736. The summed E-state index contributed by atoms with van der Waals surface area (Å²) in [6.07, 6.45) is 5.77. The number of piperidine rings is 1. The number of thiazole rings is 1. The molecule has 21 heteroatoms. The van der Waals surface area contributed by atoms with Gasteiger partial charge in [-0.1, -0.05) is 75.2 Å². The Kier molecular flexibility index (Phi) is 19.4. The average Bonchev–Trinajstić information content (AvgIpc) is 4.10. The number of unbranched alkanes of at least 4 members (excludes halogenated alkanes) is 2. The number of hydrogen-bond donors (Lipinski definition) is 5. The number of aromatic nitrogens is 3. The Hall–Kier alpha value is -5.90. The van der Waals surface area contributed by atoms with Gasteiger partial charge < -0.3 is 45.8 Å². The van der Waals surface area contributed by atoms with Crippen LogP contribution in [-0.4, -0.2) is 150 Å². The van der Waals surface area contributed by atoms with Gasteiger partial charge in [-0.3, -0.25) is 19.3 Å². The number of carbonyl (C=O) groups is 3. The van der Waals surface area contributed by atoms with E-state index in [1.54, 1.807) is 56.6 Å². The second kappa shape index (κ2) is 25.9. The Morgan fingerprint density at radius 1 is 0.910 bits per heavy atom. The summed E-state index contributed by atoms with van der Waals surface area (Å²) in [5.41, 5.74) is 6.27. The van der Waals surface area contributed by atoms with Crippen LogP contribution in [0.4, 0.5) is 28.8 Å². The first-order chi connectivity index (χ1) is 37.3. The molecule has 3 saturated heterocycles. The molecule has 8 rings (SSSR count). The molecule has 5 aromatic rings. The van der Waals surface area contributed by atoms with E-state index in [2.05, 4.69) is 57.0 Å². The van der Waals surface area contributed by atoms with Gasteiger partial charge in [-0.25, -0.2) is 18.4 Å². The standard InChI is InChI=1S/C57H76ClN11O7S2/c1-37(2)78(74,75)49-14-11-10-13-46(49)62-53-44(58)34-60-56(65-53)63-45-21-20-42(31-48(45)76-7)67-25-22-41(23-26-67)68-29-27-66(28-30-68)24-12-8-9-15-50(71)64-52(57(4,5)6)55(73)69-35-43(70)32-47(69)54(72)59-33-39-16-18-40(19-17-39)51-38(3)61-36-77-51/h10-11,13-14,16-21,31,34,36-37,41,43,47,52,70H,8-9,12,15,22-30,32-33,35H2,1-7H3,(H,59,72)(H,64,71)(H2,60,62,63,65)/t43-,47+,52-/m1/s1. The highest BCUT2D eigenvalue weighted by Crippen LogP contribution is 2.36. The predicted octanol–water partition coefficient (Wildman–Crippen LogP) is 8.20. The number of rotatable bonds is 21. The fraction of sp³-hybridized carbons (Fsp3) is 0.509. The third-order valence-electron chi connectivity index (χ3n) is 15.1. The number of hydrogen-bond acceptors (Lipinski definition) is 16. The zero-order valence-electron chi connectivity index (χ0n) is 45.9. The first-order valence-electron chi connectivity index (χ1n) is 27.1. The summed E-state index contributed by atoms with van der Waals surface area (Å²) in [4.78, 5) is 64.6. The highest BCUT2D eigenvalue weighted by atomic mass is 35.5. The van der Waals surface area contributed by atoms with Crippen molar-refractivity contribution in [2.24, 2.45) is 5.41 Å². The maximum Gasteiger partial charge on any atom is 0.246 e. The smallest absolute Gasteiger partial charge is 0.246 e. The number of aliphatic hydroxyl groups is 1. The largest absolute Gasteiger partial charge is 0.494 e. The number of nitrogens with zero attached hydrogens (tertiary/aromatic N) is 7. The molecule has 5 heterocycles. The highest BCUT2D eigenvalue weighted by molar-refractivity contribution is 7.92. The lowest BCUT2D eigenvalue weighted by molar-refractivity contribution is -0.144. The number of aliphatic hydroxyl groups excluding tert-OH is 1. The van der Waals surface area contributed by atoms with Crippen molar-refractivity contribution in [3.8, 4) is 16.2 Å². The van der Waals surface area contributed by atoms with E-state index in [4.69, 9.17) is 16.3 Å². The van der Waals surface area contributed by atoms with Gasteiger partial charge in [0.25, 0.3) is 0 Å². The SMILES string of the molecule is COc1cc(N2CCC(N3CCN(CCCCCC(=O)N[C@H](C(=O)N4C[C@H](O)C[C@H]4C(=O)NCc4ccc(-c5scnc5C)cc4)C(C)(C)C)CC3)CC2)ccc1Nc1ncc(Cl)c(Nc2ccccc2S(=O)(=O)C(C)C)n1. The molecule has 0 aliphatic carbocycles. The van der Waals surface area contributed by atoms with Gasteiger partial charge in [-0.2, -0.15) is 4.98 Å². The van der Waals surface area contributed by atoms with Crippen molar-refractivity contribution in [1.82, 2.24) is 40.3 Å². The number of likely N-dealkylation sites (tertiary alicyclic amines) is 1. The lowest BCUT2D eigenvalue weighted by atomic mass is 9.85. The van der Waals surface area contributed by atoms with Gasteiger partial charge in [-0.15, -0.1) is 11.3 Å². The monoisotopic (exact) mass is 1130 g/mol. The van der Waals surface area contributed by atoms with Gasteiger partial charge in [0.1, 0.15) is 22.9 Å². The molecule has 5 N–H and O–H groups in total. The number of nitrogens with one attached hydrogen (secondary N) is 4. The summed E-state index contributed by atoms with van der Waals surface area (Å²) in [5, 5.41) is 22.6. The van der Waals surface area contributed by atoms with Crippen molar-refractivity contribution in [2.45, 2.75) is 127 Å². The van der Waals surface area contributed by atoms with E-state index in [9.17, 15) is 27.9 Å². The van der Waals surface area contributed by atoms with Crippen molar-refractivity contribution in [1.29, 1.82) is 0 Å². The first-order valence-corrected chi connectivity index (χ1v) is 29.9. The maximum atomic E-state index is 14.1. The Labute approximate surface area is 468 Å². The number of aryl methyl sites for hydroxylation is 1. The Bertz CT molecular complexity index is 2970. The molecule has 18 nitrogen and oxygen atoms in total. The number of para-hydroxylation sites is 1. The van der Waals surface area contributed by atoms with Crippen molar-refractivity contribution in [2.75, 3.05) is 75.0 Å². The summed E-state index contributed by atoms with van der Waals surface area (Å²) in [6.45, 7) is 18.2. The van der Waals surface area contributed by atoms with Gasteiger partial charge >= 0.3 is 0 Å². The second-order valence-electron chi connectivity index (χ2n) is 22.0. The minimum absolute atomic E-state index is 0.0309. The van der Waals surface area contributed by atoms with Gasteiger partial charge in [-0.05, 0) is 93.8 Å². The molecule has 0 radical (unpaired) electrons. The molecule has 3 amide bonds. The number of amides is 3. The summed E-state index contributed by atoms with van der Waals surface area (Å²) < 4.78 is 32.0. The van der Waals surface area contributed by atoms with Crippen LogP contribution in [-0.2, 0) is 30.8 Å². The van der Waals surface area contributed by atoms with Crippen LogP contribution in [0.15, 0.2) is 83.3 Å². The Morgan fingerprint density at radius 2 is 1.64 bits per heavy atom. The number of β-amino-alcohol motifs (C(OH)–C–C–N with tert-alkyl or cyclic N) is 1. The van der Waals surface area contributed by atoms with E-state index in [1.165, 1.54) is 11.1 Å². The minimum atomic E-state index is -3.57. The molecular formula is C57H76ClN11O7S2. The van der Waals surface area contributed by atoms with Crippen LogP contribution in [0, 0.1) is 12.3 Å². The molecule has 420 valence electrons. The van der Waals surface area contributed by atoms with Crippen LogP contribution in [0.25, 0.3) is 10.4 Å². The zero-order valence-corrected chi connectivity index (χ0v) is 48.3. The van der Waals surface area contributed by atoms with Crippen LogP contribution in [0.2, 0.25) is 5.02 Å². The maximum absolute atomic E-state index is 14.1. The van der Waals surface area contributed by atoms with Gasteiger partial charge in [0, 0.05) is 83.0 Å². The molecule has 0 unspecified atom stereocenters. The molecule has 3 aromatic carbocycles. The minimum Gasteiger partial charge on any atom is -0.494 e. The van der Waals surface area contributed by atoms with E-state index in [0.29, 0.717) is 36.0 Å². The fourth-order valence-electron chi connectivity index (χ4n) is 10.5. The molecule has 0 bridgehead atoms. The van der Waals surface area contributed by atoms with E-state index < -0.39 is 38.7 Å². The highest BCUT2D eigenvalue weighted by Gasteiger charge is 2.44. The summed E-state index contributed by atoms with van der Waals surface area (Å²) >= 11 is 8.07.